The number of benzene rings is 2. The van der Waals surface area contributed by atoms with Crippen molar-refractivity contribution in [2.45, 2.75) is 26.3 Å². The smallest absolute Gasteiger partial charge is 0.267 e. The Kier molecular flexibility index (Phi) is 5.48. The van der Waals surface area contributed by atoms with E-state index in [2.05, 4.69) is 15.4 Å². The summed E-state index contributed by atoms with van der Waals surface area (Å²) in [7, 11) is 0. The monoisotopic (exact) mass is 404 g/mol. The molecule has 4 rings (SSSR count). The molecule has 0 saturated carbocycles. The van der Waals surface area contributed by atoms with Gasteiger partial charge in [-0.2, -0.15) is 5.10 Å². The topological polar surface area (TPSA) is 74.7 Å². The molecule has 0 saturated heterocycles. The summed E-state index contributed by atoms with van der Waals surface area (Å²) < 4.78 is 0. The number of hydrogen-bond acceptors (Lipinski definition) is 5. The molecule has 1 aliphatic heterocycles. The highest BCUT2D eigenvalue weighted by Crippen LogP contribution is 2.22. The van der Waals surface area contributed by atoms with Crippen LogP contribution in [-0.2, 0) is 16.1 Å². The minimum Gasteiger partial charge on any atom is -0.347 e. The molecule has 0 atom stereocenters. The number of carbonyl (C=O) groups excluding carboxylic acids is 2. The molecular formula is C22H20N4O2S. The van der Waals surface area contributed by atoms with Crippen molar-refractivity contribution in [1.29, 1.82) is 0 Å². The third-order valence-corrected chi connectivity index (χ3v) is 5.39. The third-order valence-electron chi connectivity index (χ3n) is 4.62. The maximum Gasteiger partial charge on any atom is 0.267 e. The number of nitrogens with zero attached hydrogens (tertiary/aromatic N) is 3. The number of nitrogens with one attached hydrogen (secondary N) is 1. The lowest BCUT2D eigenvalue weighted by molar-refractivity contribution is -0.119. The summed E-state index contributed by atoms with van der Waals surface area (Å²) in [5.41, 5.74) is 4.03. The molecule has 2 amide bonds. The van der Waals surface area contributed by atoms with Crippen LogP contribution in [0.25, 0.3) is 11.3 Å². The molecular weight excluding hydrogens is 384 g/mol. The number of rotatable bonds is 5. The minimum absolute atomic E-state index is 0.111. The predicted molar refractivity (Wildman–Crippen MR) is 115 cm³/mol. The van der Waals surface area contributed by atoms with Gasteiger partial charge in [-0.25, -0.2) is 9.99 Å². The molecule has 0 aliphatic carbocycles. The largest absolute Gasteiger partial charge is 0.347 e. The zero-order chi connectivity index (χ0) is 20.2. The summed E-state index contributed by atoms with van der Waals surface area (Å²) in [5.74, 6) is -0.363. The molecule has 29 heavy (non-hydrogen) atoms. The lowest BCUT2D eigenvalue weighted by Gasteiger charge is -2.23. The number of aryl methyl sites for hydroxylation is 1. The fraction of sp³-hybridized carbons (Fsp3) is 0.182. The van der Waals surface area contributed by atoms with Crippen LogP contribution >= 0.6 is 11.3 Å². The molecule has 146 valence electrons. The molecule has 1 N–H and O–H groups in total. The Morgan fingerprint density at radius 1 is 1.10 bits per heavy atom. The number of amides is 2. The van der Waals surface area contributed by atoms with Crippen molar-refractivity contribution in [2.75, 3.05) is 5.01 Å². The van der Waals surface area contributed by atoms with Crippen molar-refractivity contribution >= 4 is 34.6 Å². The van der Waals surface area contributed by atoms with Gasteiger partial charge in [0.25, 0.3) is 5.91 Å². The van der Waals surface area contributed by atoms with Gasteiger partial charge < -0.3 is 5.32 Å². The Hall–Kier alpha value is -3.32. The van der Waals surface area contributed by atoms with Gasteiger partial charge in [0.15, 0.2) is 0 Å². The molecule has 2 aromatic carbocycles. The van der Waals surface area contributed by atoms with E-state index in [4.69, 9.17) is 0 Å². The van der Waals surface area contributed by atoms with E-state index >= 15 is 0 Å². The van der Waals surface area contributed by atoms with E-state index in [9.17, 15) is 9.59 Å². The van der Waals surface area contributed by atoms with Crippen LogP contribution in [0.5, 0.6) is 0 Å². The molecule has 3 aromatic rings. The average Bonchev–Trinajstić information content (AvgIpc) is 3.19. The molecule has 0 unspecified atom stereocenters. The Morgan fingerprint density at radius 3 is 2.55 bits per heavy atom. The first kappa shape index (κ1) is 19.0. The van der Waals surface area contributed by atoms with E-state index in [1.807, 2.05) is 54.8 Å². The maximum atomic E-state index is 12.6. The lowest BCUT2D eigenvalue weighted by Crippen LogP contribution is -2.38. The second-order valence-corrected chi connectivity index (χ2v) is 7.78. The predicted octanol–water partition coefficient (Wildman–Crippen LogP) is 3.92. The normalized spacial score (nSPS) is 13.9. The summed E-state index contributed by atoms with van der Waals surface area (Å²) in [6.45, 7) is 2.38. The van der Waals surface area contributed by atoms with Crippen LogP contribution in [0.1, 0.15) is 23.4 Å². The molecule has 0 fully saturated rings. The van der Waals surface area contributed by atoms with E-state index in [-0.39, 0.29) is 18.2 Å². The third kappa shape index (κ3) is 4.41. The van der Waals surface area contributed by atoms with Crippen molar-refractivity contribution in [3.8, 4) is 11.3 Å². The van der Waals surface area contributed by atoms with E-state index in [0.29, 0.717) is 24.4 Å². The van der Waals surface area contributed by atoms with Crippen LogP contribution in [-0.4, -0.2) is 22.5 Å². The van der Waals surface area contributed by atoms with Gasteiger partial charge in [-0.15, -0.1) is 11.3 Å². The molecule has 2 heterocycles. The van der Waals surface area contributed by atoms with Crippen LogP contribution in [0.15, 0.2) is 65.1 Å². The van der Waals surface area contributed by atoms with Crippen molar-refractivity contribution in [2.24, 2.45) is 5.10 Å². The minimum atomic E-state index is -0.252. The van der Waals surface area contributed by atoms with E-state index in [1.54, 1.807) is 23.5 Å². The summed E-state index contributed by atoms with van der Waals surface area (Å²) >= 11 is 1.62. The van der Waals surface area contributed by atoms with Gasteiger partial charge in [0.05, 0.1) is 16.4 Å². The summed E-state index contributed by atoms with van der Waals surface area (Å²) in [6.07, 6.45) is 0.610. The van der Waals surface area contributed by atoms with Gasteiger partial charge in [-0.05, 0) is 24.6 Å². The number of para-hydroxylation sites is 1. The Bertz CT molecular complexity index is 1060. The van der Waals surface area contributed by atoms with Gasteiger partial charge in [0.2, 0.25) is 5.91 Å². The molecule has 0 radical (unpaired) electrons. The first-order chi connectivity index (χ1) is 14.1. The Balaban J connectivity index is 1.41. The Morgan fingerprint density at radius 2 is 1.86 bits per heavy atom. The number of hydrazone groups is 1. The zero-order valence-electron chi connectivity index (χ0n) is 16.0. The highest BCUT2D eigenvalue weighted by atomic mass is 32.1. The maximum absolute atomic E-state index is 12.6. The van der Waals surface area contributed by atoms with Crippen molar-refractivity contribution in [3.63, 3.8) is 0 Å². The highest BCUT2D eigenvalue weighted by Gasteiger charge is 2.25. The van der Waals surface area contributed by atoms with Crippen LogP contribution in [0.2, 0.25) is 0 Å². The second-order valence-electron chi connectivity index (χ2n) is 6.72. The molecule has 0 spiro atoms. The van der Waals surface area contributed by atoms with Crippen LogP contribution < -0.4 is 10.3 Å². The van der Waals surface area contributed by atoms with Gasteiger partial charge in [0, 0.05) is 30.3 Å². The van der Waals surface area contributed by atoms with Crippen LogP contribution in [0, 0.1) is 6.92 Å². The summed E-state index contributed by atoms with van der Waals surface area (Å²) in [6, 6.07) is 17.1. The highest BCUT2D eigenvalue weighted by molar-refractivity contribution is 7.09. The van der Waals surface area contributed by atoms with E-state index in [0.717, 1.165) is 21.8 Å². The van der Waals surface area contributed by atoms with Gasteiger partial charge in [-0.1, -0.05) is 42.5 Å². The quantitative estimate of drug-likeness (QED) is 0.700. The van der Waals surface area contributed by atoms with Gasteiger partial charge in [-0.3, -0.25) is 9.59 Å². The molecule has 1 aromatic heterocycles. The standard InChI is InChI=1S/C22H20N4O2S/c1-15-24-20(14-29-15)17-9-7-16(8-10-17)13-23-22(28)19-11-12-21(27)26(25-19)18-5-3-2-4-6-18/h2-10,14H,11-13H2,1H3,(H,23,28). The van der Waals surface area contributed by atoms with E-state index in [1.165, 1.54) is 5.01 Å². The SMILES string of the molecule is Cc1nc(-c2ccc(CNC(=O)C3=NN(c4ccccc4)C(=O)CC3)cc2)cs1. The average molecular weight is 404 g/mol. The molecule has 1 aliphatic rings. The molecule has 7 heteroatoms. The molecule has 0 bridgehead atoms. The fourth-order valence-corrected chi connectivity index (χ4v) is 3.68. The van der Waals surface area contributed by atoms with Crippen molar-refractivity contribution < 1.29 is 9.59 Å². The van der Waals surface area contributed by atoms with Crippen LogP contribution in [0.4, 0.5) is 5.69 Å². The summed E-state index contributed by atoms with van der Waals surface area (Å²) in [5, 5.41) is 11.6. The lowest BCUT2D eigenvalue weighted by atomic mass is 10.1. The van der Waals surface area contributed by atoms with Gasteiger partial charge >= 0.3 is 0 Å². The number of anilines is 1. The first-order valence-corrected chi connectivity index (χ1v) is 10.2. The zero-order valence-corrected chi connectivity index (χ0v) is 16.8. The molecule has 6 nitrogen and oxygen atoms in total. The second kappa shape index (κ2) is 8.36. The number of hydrogen-bond donors (Lipinski definition) is 1. The first-order valence-electron chi connectivity index (χ1n) is 9.35. The summed E-state index contributed by atoms with van der Waals surface area (Å²) in [4.78, 5) is 29.2. The van der Waals surface area contributed by atoms with Crippen LogP contribution in [0.3, 0.4) is 0 Å². The van der Waals surface area contributed by atoms with E-state index < -0.39 is 0 Å². The number of carbonyl (C=O) groups is 2. The van der Waals surface area contributed by atoms with Crippen molar-refractivity contribution in [3.05, 3.63) is 70.5 Å². The Labute approximate surface area is 172 Å². The fourth-order valence-electron chi connectivity index (χ4n) is 3.06. The van der Waals surface area contributed by atoms with Gasteiger partial charge in [0.1, 0.15) is 5.71 Å². The number of thiazole rings is 1. The number of aromatic nitrogens is 1. The van der Waals surface area contributed by atoms with Crippen molar-refractivity contribution in [1.82, 2.24) is 10.3 Å².